The van der Waals surface area contributed by atoms with Gasteiger partial charge in [-0.3, -0.25) is 14.6 Å². The molecule has 0 spiro atoms. The lowest BCUT2D eigenvalue weighted by molar-refractivity contribution is -0.113. The van der Waals surface area contributed by atoms with Gasteiger partial charge in [0, 0.05) is 16.3 Å². The van der Waals surface area contributed by atoms with E-state index in [4.69, 9.17) is 11.6 Å². The highest BCUT2D eigenvalue weighted by molar-refractivity contribution is 7.99. The van der Waals surface area contributed by atoms with E-state index in [1.54, 1.807) is 24.3 Å². The van der Waals surface area contributed by atoms with Crippen molar-refractivity contribution in [2.24, 2.45) is 0 Å². The molecule has 30 heavy (non-hydrogen) atoms. The topological polar surface area (TPSA) is 105 Å². The average molecular weight is 441 g/mol. The fourth-order valence-electron chi connectivity index (χ4n) is 2.81. The molecule has 1 amide bonds. The third kappa shape index (κ3) is 4.22. The number of aromatic nitrogens is 5. The van der Waals surface area contributed by atoms with Crippen LogP contribution < -0.4 is 10.9 Å². The second-order valence-corrected chi connectivity index (χ2v) is 8.06. The highest BCUT2D eigenvalue weighted by Crippen LogP contribution is 2.20. The highest BCUT2D eigenvalue weighted by Gasteiger charge is 2.15. The van der Waals surface area contributed by atoms with Crippen LogP contribution in [-0.4, -0.2) is 36.5 Å². The maximum atomic E-state index is 12.4. The molecule has 4 aromatic rings. The molecule has 0 fully saturated rings. The fraction of sp³-hybridized carbons (Fsp3) is 0.150. The summed E-state index contributed by atoms with van der Waals surface area (Å²) in [5.41, 5.74) is 3.26. The molecule has 10 heteroatoms. The number of carbonyl (C=O) groups is 1. The van der Waals surface area contributed by atoms with Crippen LogP contribution in [0.1, 0.15) is 11.1 Å². The fourth-order valence-corrected chi connectivity index (χ4v) is 3.62. The Morgan fingerprint density at radius 1 is 1.17 bits per heavy atom. The van der Waals surface area contributed by atoms with Crippen LogP contribution in [0.2, 0.25) is 5.02 Å². The molecule has 0 saturated carbocycles. The lowest BCUT2D eigenvalue weighted by Gasteiger charge is -2.09. The van der Waals surface area contributed by atoms with Gasteiger partial charge >= 0.3 is 0 Å². The average Bonchev–Trinajstić information content (AvgIpc) is 3.11. The smallest absolute Gasteiger partial charge is 0.279 e. The summed E-state index contributed by atoms with van der Waals surface area (Å²) < 4.78 is 1.42. The van der Waals surface area contributed by atoms with Crippen molar-refractivity contribution in [1.29, 1.82) is 0 Å². The number of benzene rings is 2. The van der Waals surface area contributed by atoms with E-state index in [0.29, 0.717) is 15.7 Å². The van der Waals surface area contributed by atoms with Crippen molar-refractivity contribution < 1.29 is 4.79 Å². The third-order valence-electron chi connectivity index (χ3n) is 4.37. The molecule has 0 aliphatic heterocycles. The summed E-state index contributed by atoms with van der Waals surface area (Å²) in [6.07, 6.45) is 0. The Balaban J connectivity index is 1.55. The van der Waals surface area contributed by atoms with Crippen molar-refractivity contribution in [1.82, 2.24) is 24.8 Å². The number of aryl methyl sites for hydroxylation is 2. The zero-order valence-corrected chi connectivity index (χ0v) is 17.7. The van der Waals surface area contributed by atoms with Gasteiger partial charge in [-0.2, -0.15) is 9.61 Å². The third-order valence-corrected chi connectivity index (χ3v) is 5.54. The second kappa shape index (κ2) is 8.29. The molecule has 0 saturated heterocycles. The Labute approximate surface area is 180 Å². The first-order valence-corrected chi connectivity index (χ1v) is 10.4. The maximum absolute atomic E-state index is 12.4. The minimum atomic E-state index is -0.388. The van der Waals surface area contributed by atoms with Gasteiger partial charge < -0.3 is 5.32 Å². The van der Waals surface area contributed by atoms with E-state index in [0.717, 1.165) is 16.8 Å². The predicted octanol–water partition coefficient (Wildman–Crippen LogP) is 3.48. The molecule has 2 N–H and O–H groups in total. The number of hydrogen-bond acceptors (Lipinski definition) is 6. The summed E-state index contributed by atoms with van der Waals surface area (Å²) in [7, 11) is 0. The number of thioether (sulfide) groups is 1. The summed E-state index contributed by atoms with van der Waals surface area (Å²) >= 11 is 7.09. The molecule has 0 radical (unpaired) electrons. The molecule has 2 aromatic heterocycles. The van der Waals surface area contributed by atoms with E-state index < -0.39 is 0 Å². The van der Waals surface area contributed by atoms with E-state index in [-0.39, 0.29) is 28.7 Å². The molecule has 8 nitrogen and oxygen atoms in total. The number of nitrogens with one attached hydrogen (secondary N) is 2. The van der Waals surface area contributed by atoms with Gasteiger partial charge in [-0.25, -0.2) is 0 Å². The van der Waals surface area contributed by atoms with Crippen LogP contribution in [0.15, 0.2) is 52.4 Å². The van der Waals surface area contributed by atoms with Crippen molar-refractivity contribution in [3.05, 3.63) is 69.0 Å². The Morgan fingerprint density at radius 3 is 2.70 bits per heavy atom. The zero-order valence-electron chi connectivity index (χ0n) is 16.1. The van der Waals surface area contributed by atoms with Gasteiger partial charge in [0.05, 0.1) is 5.75 Å². The molecule has 0 bridgehead atoms. The summed E-state index contributed by atoms with van der Waals surface area (Å²) in [6.45, 7) is 3.91. The van der Waals surface area contributed by atoms with Crippen molar-refractivity contribution in [2.75, 3.05) is 11.1 Å². The normalized spacial score (nSPS) is 11.0. The number of fused-ring (bicyclic) bond motifs is 1. The number of nitrogens with zero attached hydrogens (tertiary/aromatic N) is 4. The Morgan fingerprint density at radius 2 is 1.93 bits per heavy atom. The minimum absolute atomic E-state index is 0.116. The number of anilines is 1. The van der Waals surface area contributed by atoms with Gasteiger partial charge in [-0.1, -0.05) is 47.6 Å². The van der Waals surface area contributed by atoms with Crippen molar-refractivity contribution in [3.63, 3.8) is 0 Å². The Bertz CT molecular complexity index is 1300. The van der Waals surface area contributed by atoms with Gasteiger partial charge in [-0.15, -0.1) is 10.2 Å². The van der Waals surface area contributed by atoms with Gasteiger partial charge in [0.1, 0.15) is 0 Å². The quantitative estimate of drug-likeness (QED) is 0.460. The minimum Gasteiger partial charge on any atom is -0.325 e. The highest BCUT2D eigenvalue weighted by atomic mass is 35.5. The van der Waals surface area contributed by atoms with Crippen LogP contribution in [0.4, 0.5) is 5.69 Å². The molecule has 2 aromatic carbocycles. The van der Waals surface area contributed by atoms with Gasteiger partial charge in [0.2, 0.25) is 11.1 Å². The van der Waals surface area contributed by atoms with Gasteiger partial charge in [0.15, 0.2) is 5.69 Å². The molecule has 0 aliphatic carbocycles. The molecule has 0 atom stereocenters. The van der Waals surface area contributed by atoms with Gasteiger partial charge in [-0.05, 0) is 43.2 Å². The Hall–Kier alpha value is -3.17. The number of carbonyl (C=O) groups excluding carboxylic acids is 1. The Kier molecular flexibility index (Phi) is 5.56. The second-order valence-electron chi connectivity index (χ2n) is 6.68. The van der Waals surface area contributed by atoms with Crippen molar-refractivity contribution >= 4 is 40.7 Å². The molecule has 0 aliphatic rings. The van der Waals surface area contributed by atoms with Gasteiger partial charge in [0.25, 0.3) is 11.3 Å². The van der Waals surface area contributed by atoms with Crippen LogP contribution in [0, 0.1) is 13.8 Å². The number of aromatic amines is 1. The van der Waals surface area contributed by atoms with Crippen molar-refractivity contribution in [3.8, 4) is 11.3 Å². The number of H-pyrrole nitrogens is 1. The molecular weight excluding hydrogens is 424 g/mol. The molecular formula is C20H17ClN6O2S. The van der Waals surface area contributed by atoms with Crippen LogP contribution in [0.5, 0.6) is 0 Å². The van der Waals surface area contributed by atoms with E-state index in [9.17, 15) is 9.59 Å². The predicted molar refractivity (Wildman–Crippen MR) is 117 cm³/mol. The summed E-state index contributed by atoms with van der Waals surface area (Å²) in [6, 6.07) is 12.7. The van der Waals surface area contributed by atoms with Crippen molar-refractivity contribution in [2.45, 2.75) is 19.0 Å². The molecule has 152 valence electrons. The number of amides is 1. The standard InChI is InChI=1S/C20H17ClN6O2S/c1-11-3-4-12(2)15(9-11)22-16(28)10-30-20-25-24-19-23-18(29)17(26-27(19)20)13-5-7-14(21)8-6-13/h3-9H,10H2,1-2H3,(H,22,28)(H,23,24,29). The first-order chi connectivity index (χ1) is 14.4. The van der Waals surface area contributed by atoms with E-state index >= 15 is 0 Å². The van der Waals surface area contributed by atoms with Crippen LogP contribution in [-0.2, 0) is 4.79 Å². The van der Waals surface area contributed by atoms with E-state index in [2.05, 4.69) is 25.6 Å². The SMILES string of the molecule is Cc1ccc(C)c(NC(=O)CSc2nnc3[nH]c(=O)c(-c4ccc(Cl)cc4)nn23)c1. The lowest BCUT2D eigenvalue weighted by atomic mass is 10.1. The summed E-state index contributed by atoms with van der Waals surface area (Å²) in [5.74, 6) is 0.147. The first-order valence-electron chi connectivity index (χ1n) is 9.02. The summed E-state index contributed by atoms with van der Waals surface area (Å²) in [4.78, 5) is 27.4. The van der Waals surface area contributed by atoms with Crippen LogP contribution in [0.25, 0.3) is 17.0 Å². The molecule has 2 heterocycles. The molecule has 0 unspecified atom stereocenters. The zero-order chi connectivity index (χ0) is 21.3. The number of hydrogen-bond donors (Lipinski definition) is 2. The summed E-state index contributed by atoms with van der Waals surface area (Å²) in [5, 5.41) is 16.2. The lowest BCUT2D eigenvalue weighted by Crippen LogP contribution is -2.17. The number of halogens is 1. The van der Waals surface area contributed by atoms with E-state index in [1.807, 2.05) is 32.0 Å². The van der Waals surface area contributed by atoms with Crippen LogP contribution >= 0.6 is 23.4 Å². The largest absolute Gasteiger partial charge is 0.325 e. The maximum Gasteiger partial charge on any atom is 0.279 e. The monoisotopic (exact) mass is 440 g/mol. The molecule has 4 rings (SSSR count). The first kappa shape index (κ1) is 20.1. The van der Waals surface area contributed by atoms with E-state index in [1.165, 1.54) is 16.3 Å². The van der Waals surface area contributed by atoms with Crippen LogP contribution in [0.3, 0.4) is 0 Å². The number of rotatable bonds is 5.